The number of hydrogen-bond acceptors (Lipinski definition) is 3. The summed E-state index contributed by atoms with van der Waals surface area (Å²) in [6.07, 6.45) is 0.643. The molecule has 3 N–H and O–H groups in total. The SMILES string of the molecule is Cc1cc(NC2CCN(C)C2=O)c(C(N)=O)cc1F. The number of hydrogen-bond donors (Lipinski definition) is 2. The van der Waals surface area contributed by atoms with Crippen molar-refractivity contribution in [2.75, 3.05) is 18.9 Å². The molecule has 0 aromatic heterocycles. The Morgan fingerprint density at radius 1 is 1.53 bits per heavy atom. The summed E-state index contributed by atoms with van der Waals surface area (Å²) in [5.41, 5.74) is 6.09. The molecule has 19 heavy (non-hydrogen) atoms. The van der Waals surface area contributed by atoms with E-state index in [-0.39, 0.29) is 11.5 Å². The van der Waals surface area contributed by atoms with Gasteiger partial charge in [0.25, 0.3) is 5.91 Å². The van der Waals surface area contributed by atoms with E-state index >= 15 is 0 Å². The molecule has 0 radical (unpaired) electrons. The normalized spacial score (nSPS) is 18.8. The molecule has 0 aliphatic carbocycles. The van der Waals surface area contributed by atoms with Crippen molar-refractivity contribution in [1.29, 1.82) is 0 Å². The second kappa shape index (κ2) is 4.87. The van der Waals surface area contributed by atoms with Crippen molar-refractivity contribution in [1.82, 2.24) is 4.90 Å². The van der Waals surface area contributed by atoms with Gasteiger partial charge in [0.2, 0.25) is 5.91 Å². The van der Waals surface area contributed by atoms with E-state index in [0.717, 1.165) is 6.07 Å². The van der Waals surface area contributed by atoms with Gasteiger partial charge in [-0.05, 0) is 31.0 Å². The Labute approximate surface area is 110 Å². The number of carbonyl (C=O) groups is 2. The number of nitrogens with zero attached hydrogens (tertiary/aromatic N) is 1. The summed E-state index contributed by atoms with van der Waals surface area (Å²) in [7, 11) is 1.72. The van der Waals surface area contributed by atoms with Gasteiger partial charge in [0.05, 0.1) is 5.56 Å². The third-order valence-electron chi connectivity index (χ3n) is 3.32. The van der Waals surface area contributed by atoms with Crippen LogP contribution in [0.4, 0.5) is 10.1 Å². The molecule has 102 valence electrons. The summed E-state index contributed by atoms with van der Waals surface area (Å²) in [4.78, 5) is 24.8. The average Bonchev–Trinajstić information content (AvgIpc) is 2.65. The number of amides is 2. The summed E-state index contributed by atoms with van der Waals surface area (Å²) >= 11 is 0. The molecule has 1 atom stereocenters. The van der Waals surface area contributed by atoms with E-state index in [2.05, 4.69) is 5.32 Å². The molecule has 2 amide bonds. The van der Waals surface area contributed by atoms with Crippen molar-refractivity contribution in [2.45, 2.75) is 19.4 Å². The Kier molecular flexibility index (Phi) is 3.42. The largest absolute Gasteiger partial charge is 0.373 e. The number of benzene rings is 1. The van der Waals surface area contributed by atoms with E-state index < -0.39 is 17.8 Å². The monoisotopic (exact) mass is 265 g/mol. The Morgan fingerprint density at radius 3 is 2.74 bits per heavy atom. The smallest absolute Gasteiger partial charge is 0.250 e. The molecule has 5 nitrogen and oxygen atoms in total. The van der Waals surface area contributed by atoms with Crippen molar-refractivity contribution in [2.24, 2.45) is 5.73 Å². The van der Waals surface area contributed by atoms with Crippen molar-refractivity contribution in [3.63, 3.8) is 0 Å². The van der Waals surface area contributed by atoms with Crippen LogP contribution in [0.15, 0.2) is 12.1 Å². The first-order chi connectivity index (χ1) is 8.90. The number of nitrogens with two attached hydrogens (primary N) is 1. The van der Waals surface area contributed by atoms with E-state index in [4.69, 9.17) is 5.73 Å². The fourth-order valence-corrected chi connectivity index (χ4v) is 2.15. The van der Waals surface area contributed by atoms with Crippen LogP contribution in [0.25, 0.3) is 0 Å². The highest BCUT2D eigenvalue weighted by Crippen LogP contribution is 2.23. The quantitative estimate of drug-likeness (QED) is 0.851. The highest BCUT2D eigenvalue weighted by molar-refractivity contribution is 5.99. The summed E-state index contributed by atoms with van der Waals surface area (Å²) in [6.45, 7) is 2.25. The first-order valence-electron chi connectivity index (χ1n) is 6.01. The van der Waals surface area contributed by atoms with Crippen molar-refractivity contribution in [3.8, 4) is 0 Å². The molecule has 6 heteroatoms. The number of aryl methyl sites for hydroxylation is 1. The van der Waals surface area contributed by atoms with Crippen LogP contribution in [-0.2, 0) is 4.79 Å². The summed E-state index contributed by atoms with van der Waals surface area (Å²) in [5, 5.41) is 2.98. The van der Waals surface area contributed by atoms with Crippen LogP contribution in [-0.4, -0.2) is 36.3 Å². The molecule has 1 saturated heterocycles. The molecule has 0 spiro atoms. The lowest BCUT2D eigenvalue weighted by Crippen LogP contribution is -2.31. The minimum atomic E-state index is -0.722. The Morgan fingerprint density at radius 2 is 2.21 bits per heavy atom. The zero-order valence-corrected chi connectivity index (χ0v) is 10.9. The van der Waals surface area contributed by atoms with E-state index in [0.29, 0.717) is 24.2 Å². The number of likely N-dealkylation sites (N-methyl/N-ethyl adjacent to an activating group) is 1. The third kappa shape index (κ3) is 2.52. The van der Waals surface area contributed by atoms with Crippen LogP contribution in [0.2, 0.25) is 0 Å². The summed E-state index contributed by atoms with van der Waals surface area (Å²) in [6, 6.07) is 2.21. The first kappa shape index (κ1) is 13.3. The fraction of sp³-hybridized carbons (Fsp3) is 0.385. The van der Waals surface area contributed by atoms with Crippen molar-refractivity contribution >= 4 is 17.5 Å². The molecule has 2 rings (SSSR count). The molecule has 0 bridgehead atoms. The van der Waals surface area contributed by atoms with Gasteiger partial charge in [0.1, 0.15) is 11.9 Å². The van der Waals surface area contributed by atoms with Gasteiger partial charge in [0, 0.05) is 19.3 Å². The van der Waals surface area contributed by atoms with E-state index in [1.165, 1.54) is 6.07 Å². The first-order valence-corrected chi connectivity index (χ1v) is 6.01. The van der Waals surface area contributed by atoms with Crippen LogP contribution in [0.3, 0.4) is 0 Å². The van der Waals surface area contributed by atoms with Gasteiger partial charge in [-0.3, -0.25) is 9.59 Å². The van der Waals surface area contributed by atoms with Crippen molar-refractivity contribution < 1.29 is 14.0 Å². The zero-order valence-electron chi connectivity index (χ0n) is 10.9. The second-order valence-corrected chi connectivity index (χ2v) is 4.76. The average molecular weight is 265 g/mol. The number of halogens is 1. The number of rotatable bonds is 3. The van der Waals surface area contributed by atoms with E-state index in [1.54, 1.807) is 18.9 Å². The Bertz CT molecular complexity index is 545. The lowest BCUT2D eigenvalue weighted by atomic mass is 10.1. The standard InChI is InChI=1S/C13H16FN3O2/c1-7-5-11(8(12(15)18)6-9(7)14)16-10-3-4-17(2)13(10)19/h5-6,10,16H,3-4H2,1-2H3,(H2,15,18). The second-order valence-electron chi connectivity index (χ2n) is 4.76. The minimum absolute atomic E-state index is 0.0441. The number of likely N-dealkylation sites (tertiary alicyclic amines) is 1. The number of primary amides is 1. The van der Waals surface area contributed by atoms with Crippen LogP contribution in [0.1, 0.15) is 22.3 Å². The summed E-state index contributed by atoms with van der Waals surface area (Å²) < 4.78 is 13.5. The highest BCUT2D eigenvalue weighted by Gasteiger charge is 2.29. The minimum Gasteiger partial charge on any atom is -0.373 e. The maximum atomic E-state index is 13.5. The van der Waals surface area contributed by atoms with Gasteiger partial charge >= 0.3 is 0 Å². The molecule has 1 aliphatic rings. The predicted octanol–water partition coefficient (Wildman–Crippen LogP) is 0.876. The summed E-state index contributed by atoms with van der Waals surface area (Å²) in [5.74, 6) is -1.26. The van der Waals surface area contributed by atoms with Crippen LogP contribution in [0.5, 0.6) is 0 Å². The Hall–Kier alpha value is -2.11. The van der Waals surface area contributed by atoms with E-state index in [1.807, 2.05) is 0 Å². The molecule has 0 saturated carbocycles. The molecule has 1 aromatic rings. The maximum Gasteiger partial charge on any atom is 0.250 e. The third-order valence-corrected chi connectivity index (χ3v) is 3.32. The van der Waals surface area contributed by atoms with Crippen LogP contribution >= 0.6 is 0 Å². The van der Waals surface area contributed by atoms with Gasteiger partial charge in [-0.2, -0.15) is 0 Å². The van der Waals surface area contributed by atoms with Gasteiger partial charge < -0.3 is 16.0 Å². The van der Waals surface area contributed by atoms with Gasteiger partial charge in [0.15, 0.2) is 0 Å². The Balaban J connectivity index is 2.32. The van der Waals surface area contributed by atoms with Crippen molar-refractivity contribution in [3.05, 3.63) is 29.1 Å². The molecule has 1 aromatic carbocycles. The lowest BCUT2D eigenvalue weighted by Gasteiger charge is -2.16. The number of nitrogens with one attached hydrogen (secondary N) is 1. The molecule has 1 fully saturated rings. The van der Waals surface area contributed by atoms with Gasteiger partial charge in [-0.15, -0.1) is 0 Å². The molecule has 1 aliphatic heterocycles. The predicted molar refractivity (Wildman–Crippen MR) is 69.3 cm³/mol. The van der Waals surface area contributed by atoms with Crippen LogP contribution in [0, 0.1) is 12.7 Å². The van der Waals surface area contributed by atoms with Gasteiger partial charge in [-0.1, -0.05) is 0 Å². The lowest BCUT2D eigenvalue weighted by molar-refractivity contribution is -0.127. The number of anilines is 1. The van der Waals surface area contributed by atoms with Gasteiger partial charge in [-0.25, -0.2) is 4.39 Å². The molecular formula is C13H16FN3O2. The fourth-order valence-electron chi connectivity index (χ4n) is 2.15. The molecular weight excluding hydrogens is 249 g/mol. The highest BCUT2D eigenvalue weighted by atomic mass is 19.1. The topological polar surface area (TPSA) is 75.4 Å². The zero-order chi connectivity index (χ0) is 14.2. The number of carbonyl (C=O) groups excluding carboxylic acids is 2. The van der Waals surface area contributed by atoms with Crippen LogP contribution < -0.4 is 11.1 Å². The maximum absolute atomic E-state index is 13.5. The van der Waals surface area contributed by atoms with E-state index in [9.17, 15) is 14.0 Å². The molecule has 1 heterocycles. The molecule has 1 unspecified atom stereocenters.